The van der Waals surface area contributed by atoms with Crippen LogP contribution in [0.15, 0.2) is 84.0 Å². The van der Waals surface area contributed by atoms with E-state index in [0.29, 0.717) is 28.3 Å². The zero-order chi connectivity index (χ0) is 23.7. The molecule has 0 fully saturated rings. The first-order chi connectivity index (χ1) is 16.5. The molecule has 0 radical (unpaired) electrons. The van der Waals surface area contributed by atoms with Gasteiger partial charge in [0.05, 0.1) is 5.69 Å². The van der Waals surface area contributed by atoms with Crippen molar-refractivity contribution in [1.82, 2.24) is 19.6 Å². The van der Waals surface area contributed by atoms with E-state index in [4.69, 9.17) is 4.98 Å². The fourth-order valence-corrected chi connectivity index (χ4v) is 4.13. The van der Waals surface area contributed by atoms with Gasteiger partial charge in [0.25, 0.3) is 5.91 Å². The molecule has 0 aliphatic heterocycles. The number of nitrogens with one attached hydrogen (secondary N) is 1. The highest BCUT2D eigenvalue weighted by atomic mass is 32.2. The normalized spacial score (nSPS) is 11.0. The monoisotopic (exact) mass is 469 g/mol. The summed E-state index contributed by atoms with van der Waals surface area (Å²) in [6, 6.07) is 19.6. The second-order valence-corrected chi connectivity index (χ2v) is 8.56. The molecule has 168 valence electrons. The van der Waals surface area contributed by atoms with Crippen LogP contribution < -0.4 is 5.32 Å². The number of halogens is 1. The summed E-state index contributed by atoms with van der Waals surface area (Å²) in [4.78, 5) is 22.9. The van der Waals surface area contributed by atoms with Crippen LogP contribution in [-0.4, -0.2) is 31.7 Å². The number of nitrogens with zero attached hydrogens (tertiary/aromatic N) is 4. The van der Waals surface area contributed by atoms with Gasteiger partial charge in [-0.05, 0) is 85.5 Å². The molecular weight excluding hydrogens is 449 g/mol. The Balaban J connectivity index is 1.55. The van der Waals surface area contributed by atoms with Gasteiger partial charge in [0.2, 0.25) is 0 Å². The van der Waals surface area contributed by atoms with Crippen LogP contribution in [0.25, 0.3) is 28.2 Å². The van der Waals surface area contributed by atoms with E-state index in [1.165, 1.54) is 6.07 Å². The Labute approximate surface area is 199 Å². The van der Waals surface area contributed by atoms with Crippen LogP contribution in [0.5, 0.6) is 0 Å². The second kappa shape index (κ2) is 9.07. The fourth-order valence-electron chi connectivity index (χ4n) is 3.72. The summed E-state index contributed by atoms with van der Waals surface area (Å²) in [5.74, 6) is -0.113. The molecule has 0 atom stereocenters. The Kier molecular flexibility index (Phi) is 5.81. The zero-order valence-corrected chi connectivity index (χ0v) is 19.3. The molecular formula is C26H20FN5OS. The number of anilines is 1. The predicted octanol–water partition coefficient (Wildman–Crippen LogP) is 5.88. The maximum absolute atomic E-state index is 13.9. The van der Waals surface area contributed by atoms with Crippen molar-refractivity contribution < 1.29 is 9.18 Å². The van der Waals surface area contributed by atoms with Crippen LogP contribution in [0.1, 0.15) is 15.9 Å². The van der Waals surface area contributed by atoms with E-state index in [9.17, 15) is 9.18 Å². The van der Waals surface area contributed by atoms with Crippen LogP contribution in [0.4, 0.5) is 10.2 Å². The minimum absolute atomic E-state index is 0.247. The van der Waals surface area contributed by atoms with Crippen molar-refractivity contribution in [2.75, 3.05) is 11.6 Å². The average Bonchev–Trinajstić information content (AvgIpc) is 3.25. The van der Waals surface area contributed by atoms with Crippen LogP contribution in [-0.2, 0) is 0 Å². The number of amides is 1. The lowest BCUT2D eigenvalue weighted by atomic mass is 10.0. The van der Waals surface area contributed by atoms with Gasteiger partial charge in [-0.2, -0.15) is 5.10 Å². The molecule has 0 spiro atoms. The molecule has 0 bridgehead atoms. The maximum Gasteiger partial charge on any atom is 0.256 e. The Bertz CT molecular complexity index is 1510. The lowest BCUT2D eigenvalue weighted by Crippen LogP contribution is -2.12. The summed E-state index contributed by atoms with van der Waals surface area (Å²) in [5.41, 5.74) is 4.67. The van der Waals surface area contributed by atoms with Crippen LogP contribution in [0.3, 0.4) is 0 Å². The molecule has 0 saturated carbocycles. The lowest BCUT2D eigenvalue weighted by molar-refractivity contribution is 0.102. The smallest absolute Gasteiger partial charge is 0.256 e. The first-order valence-corrected chi connectivity index (χ1v) is 11.8. The summed E-state index contributed by atoms with van der Waals surface area (Å²) >= 11 is 1.62. The summed E-state index contributed by atoms with van der Waals surface area (Å²) in [5, 5.41) is 7.33. The van der Waals surface area contributed by atoms with Gasteiger partial charge < -0.3 is 5.32 Å². The Morgan fingerprint density at radius 1 is 1.00 bits per heavy atom. The molecule has 5 rings (SSSR count). The third kappa shape index (κ3) is 4.15. The van der Waals surface area contributed by atoms with E-state index in [0.717, 1.165) is 21.7 Å². The minimum Gasteiger partial charge on any atom is -0.307 e. The molecule has 5 aromatic rings. The topological polar surface area (TPSA) is 72.2 Å². The van der Waals surface area contributed by atoms with Crippen molar-refractivity contribution in [3.63, 3.8) is 0 Å². The highest BCUT2D eigenvalue weighted by Gasteiger charge is 2.18. The molecule has 6 nitrogen and oxygen atoms in total. The number of aromatic nitrogens is 4. The Morgan fingerprint density at radius 3 is 2.59 bits per heavy atom. The number of hydrogen-bond acceptors (Lipinski definition) is 5. The van der Waals surface area contributed by atoms with Crippen LogP contribution >= 0.6 is 11.8 Å². The summed E-state index contributed by atoms with van der Waals surface area (Å²) in [7, 11) is 0. The quantitative estimate of drug-likeness (QED) is 0.326. The van der Waals surface area contributed by atoms with Gasteiger partial charge in [-0.25, -0.2) is 18.9 Å². The molecule has 0 aliphatic rings. The summed E-state index contributed by atoms with van der Waals surface area (Å²) < 4.78 is 15.6. The number of aryl methyl sites for hydroxylation is 1. The first-order valence-electron chi connectivity index (χ1n) is 10.6. The molecule has 1 amide bonds. The molecule has 3 heterocycles. The number of carbonyl (C=O) groups is 1. The highest BCUT2D eigenvalue weighted by molar-refractivity contribution is 7.98. The molecule has 0 unspecified atom stereocenters. The van der Waals surface area contributed by atoms with E-state index >= 15 is 0 Å². The van der Waals surface area contributed by atoms with E-state index in [-0.39, 0.29) is 11.7 Å². The molecule has 34 heavy (non-hydrogen) atoms. The van der Waals surface area contributed by atoms with Crippen molar-refractivity contribution in [3.05, 3.63) is 96.1 Å². The van der Waals surface area contributed by atoms with Gasteiger partial charge in [0.15, 0.2) is 5.65 Å². The van der Waals surface area contributed by atoms with Gasteiger partial charge in [0, 0.05) is 34.0 Å². The van der Waals surface area contributed by atoms with Crippen molar-refractivity contribution in [3.8, 4) is 22.5 Å². The Morgan fingerprint density at radius 2 is 1.82 bits per heavy atom. The minimum atomic E-state index is -0.272. The molecule has 3 aromatic heterocycles. The SMILES string of the molecule is CSc1ccc(C(=O)Nc2cc(-c3c(-c4ccc(F)c(C)c4)nc4cccnn34)ccn2)cc1. The number of thioether (sulfide) groups is 1. The second-order valence-electron chi connectivity index (χ2n) is 7.68. The largest absolute Gasteiger partial charge is 0.307 e. The first kappa shape index (κ1) is 21.8. The highest BCUT2D eigenvalue weighted by Crippen LogP contribution is 2.33. The average molecular weight is 470 g/mol. The van der Waals surface area contributed by atoms with E-state index in [1.807, 2.05) is 36.6 Å². The molecule has 2 aromatic carbocycles. The molecule has 1 N–H and O–H groups in total. The molecule has 0 saturated heterocycles. The van der Waals surface area contributed by atoms with E-state index < -0.39 is 0 Å². The number of fused-ring (bicyclic) bond motifs is 1. The summed E-state index contributed by atoms with van der Waals surface area (Å²) in [6.45, 7) is 1.72. The maximum atomic E-state index is 13.9. The van der Waals surface area contributed by atoms with Gasteiger partial charge in [-0.15, -0.1) is 11.8 Å². The van der Waals surface area contributed by atoms with Gasteiger partial charge in [-0.1, -0.05) is 0 Å². The van der Waals surface area contributed by atoms with Crippen LogP contribution in [0, 0.1) is 12.7 Å². The van der Waals surface area contributed by atoms with Crippen molar-refractivity contribution >= 4 is 29.1 Å². The number of hydrogen-bond donors (Lipinski definition) is 1. The van der Waals surface area contributed by atoms with Gasteiger partial charge >= 0.3 is 0 Å². The summed E-state index contributed by atoms with van der Waals surface area (Å²) in [6.07, 6.45) is 5.30. The number of benzene rings is 2. The molecule has 8 heteroatoms. The number of pyridine rings is 1. The third-order valence-electron chi connectivity index (χ3n) is 5.45. The van der Waals surface area contributed by atoms with Crippen molar-refractivity contribution in [2.24, 2.45) is 0 Å². The zero-order valence-electron chi connectivity index (χ0n) is 18.5. The van der Waals surface area contributed by atoms with E-state index in [1.54, 1.807) is 65.9 Å². The van der Waals surface area contributed by atoms with Gasteiger partial charge in [0.1, 0.15) is 17.3 Å². The van der Waals surface area contributed by atoms with Gasteiger partial charge in [-0.3, -0.25) is 4.79 Å². The standard InChI is InChI=1S/C26H20FN5OS/c1-16-14-18(7-10-21(16)27)24-25(32-23(31-24)4-3-12-29-32)19-11-13-28-22(15-19)30-26(33)17-5-8-20(34-2)9-6-17/h3-15H,1-2H3,(H,28,30,33). The predicted molar refractivity (Wildman–Crippen MR) is 133 cm³/mol. The third-order valence-corrected chi connectivity index (χ3v) is 6.20. The number of carbonyl (C=O) groups excluding carboxylic acids is 1. The van der Waals surface area contributed by atoms with Crippen LogP contribution in [0.2, 0.25) is 0 Å². The number of imidazole rings is 1. The molecule has 0 aliphatic carbocycles. The Hall–Kier alpha value is -4.04. The van der Waals surface area contributed by atoms with Crippen molar-refractivity contribution in [2.45, 2.75) is 11.8 Å². The number of rotatable bonds is 5. The fraction of sp³-hybridized carbons (Fsp3) is 0.0769. The van der Waals surface area contributed by atoms with Crippen molar-refractivity contribution in [1.29, 1.82) is 0 Å². The van der Waals surface area contributed by atoms with E-state index in [2.05, 4.69) is 15.4 Å². The lowest BCUT2D eigenvalue weighted by Gasteiger charge is -2.09.